The van der Waals surface area contributed by atoms with Crippen LogP contribution < -0.4 is 4.74 Å². The van der Waals surface area contributed by atoms with Crippen LogP contribution in [-0.4, -0.2) is 7.11 Å². The molecule has 3 aromatic carbocycles. The zero-order valence-electron chi connectivity index (χ0n) is 13.5. The van der Waals surface area contributed by atoms with Crippen molar-refractivity contribution in [2.75, 3.05) is 7.11 Å². The predicted octanol–water partition coefficient (Wildman–Crippen LogP) is 5.79. The van der Waals surface area contributed by atoms with Gasteiger partial charge >= 0.3 is 0 Å². The van der Waals surface area contributed by atoms with Gasteiger partial charge < -0.3 is 4.74 Å². The highest BCUT2D eigenvalue weighted by molar-refractivity contribution is 6.16. The minimum Gasteiger partial charge on any atom is -0.496 e. The molecule has 1 nitrogen and oxygen atoms in total. The van der Waals surface area contributed by atoms with E-state index in [1.165, 1.54) is 38.6 Å². The van der Waals surface area contributed by atoms with E-state index in [-0.39, 0.29) is 5.41 Å². The van der Waals surface area contributed by atoms with Crippen LogP contribution in [-0.2, 0) is 5.41 Å². The molecule has 0 spiro atoms. The predicted molar refractivity (Wildman–Crippen MR) is 93.6 cm³/mol. The summed E-state index contributed by atoms with van der Waals surface area (Å²) in [5, 5.41) is 2.52. The van der Waals surface area contributed by atoms with Crippen LogP contribution in [0.3, 0.4) is 0 Å². The molecule has 0 amide bonds. The highest BCUT2D eigenvalue weighted by Crippen LogP contribution is 2.49. The van der Waals surface area contributed by atoms with Crippen molar-refractivity contribution in [1.29, 1.82) is 0 Å². The van der Waals surface area contributed by atoms with E-state index in [9.17, 15) is 0 Å². The first-order chi connectivity index (χ1) is 10.5. The second-order valence-corrected chi connectivity index (χ2v) is 7.05. The van der Waals surface area contributed by atoms with Crippen molar-refractivity contribution < 1.29 is 4.74 Å². The van der Waals surface area contributed by atoms with E-state index < -0.39 is 0 Å². The summed E-state index contributed by atoms with van der Waals surface area (Å²) in [5.74, 6) is 0.949. The number of hydrogen-bond acceptors (Lipinski definition) is 1. The van der Waals surface area contributed by atoms with Crippen LogP contribution in [0.2, 0.25) is 0 Å². The molecule has 0 unspecified atom stereocenters. The van der Waals surface area contributed by atoms with E-state index in [1.54, 1.807) is 7.11 Å². The number of rotatable bonds is 1. The van der Waals surface area contributed by atoms with Crippen LogP contribution in [0.5, 0.6) is 5.75 Å². The maximum Gasteiger partial charge on any atom is 0.126 e. The topological polar surface area (TPSA) is 9.23 Å². The van der Waals surface area contributed by atoms with Gasteiger partial charge in [0.25, 0.3) is 0 Å². The summed E-state index contributed by atoms with van der Waals surface area (Å²) in [5.41, 5.74) is 6.87. The van der Waals surface area contributed by atoms with Crippen molar-refractivity contribution in [2.45, 2.75) is 26.2 Å². The highest BCUT2D eigenvalue weighted by atomic mass is 16.5. The molecule has 1 aliphatic rings. The first kappa shape index (κ1) is 13.4. The summed E-state index contributed by atoms with van der Waals surface area (Å²) in [6.45, 7) is 6.79. The lowest BCUT2D eigenvalue weighted by atomic mass is 9.85. The maximum atomic E-state index is 5.54. The summed E-state index contributed by atoms with van der Waals surface area (Å²) < 4.78 is 5.54. The standard InChI is InChI=1S/C21H20O/c1-21(2,3)13-8-9-14-15-6-5-7-17-19(22-4)11-10-16(20(15)17)18(14)12-13/h5-12H,1-4H3. The summed E-state index contributed by atoms with van der Waals surface area (Å²) in [4.78, 5) is 0. The highest BCUT2D eigenvalue weighted by Gasteiger charge is 2.24. The van der Waals surface area contributed by atoms with Gasteiger partial charge in [-0.3, -0.25) is 0 Å². The third-order valence-electron chi connectivity index (χ3n) is 4.69. The second-order valence-electron chi connectivity index (χ2n) is 7.05. The molecular weight excluding hydrogens is 268 g/mol. The summed E-state index contributed by atoms with van der Waals surface area (Å²) >= 11 is 0. The average Bonchev–Trinajstić information content (AvgIpc) is 2.83. The van der Waals surface area contributed by atoms with Gasteiger partial charge in [-0.2, -0.15) is 0 Å². The molecule has 0 fully saturated rings. The Morgan fingerprint density at radius 2 is 1.50 bits per heavy atom. The third kappa shape index (κ3) is 1.72. The molecule has 0 heterocycles. The molecule has 0 aromatic heterocycles. The van der Waals surface area contributed by atoms with E-state index in [1.807, 2.05) is 0 Å². The molecule has 0 radical (unpaired) electrons. The molecule has 0 bridgehead atoms. The van der Waals surface area contributed by atoms with Crippen LogP contribution in [0.1, 0.15) is 26.3 Å². The summed E-state index contributed by atoms with van der Waals surface area (Å²) in [6.07, 6.45) is 0. The number of benzene rings is 3. The number of fused-ring (bicyclic) bond motifs is 3. The monoisotopic (exact) mass is 288 g/mol. The molecule has 0 atom stereocenters. The normalized spacial score (nSPS) is 12.5. The Balaban J connectivity index is 2.07. The molecular formula is C21H20O. The van der Waals surface area contributed by atoms with Gasteiger partial charge in [0.05, 0.1) is 7.11 Å². The van der Waals surface area contributed by atoms with E-state index in [2.05, 4.69) is 69.3 Å². The van der Waals surface area contributed by atoms with Crippen molar-refractivity contribution in [1.82, 2.24) is 0 Å². The molecule has 4 rings (SSSR count). The zero-order valence-corrected chi connectivity index (χ0v) is 13.5. The quantitative estimate of drug-likeness (QED) is 0.430. The van der Waals surface area contributed by atoms with Crippen LogP contribution in [0.15, 0.2) is 48.5 Å². The summed E-state index contributed by atoms with van der Waals surface area (Å²) in [6, 6.07) is 17.7. The zero-order chi connectivity index (χ0) is 15.5. The Kier molecular flexibility index (Phi) is 2.65. The molecule has 0 saturated heterocycles. The fraction of sp³-hybridized carbons (Fsp3) is 0.238. The molecule has 1 aliphatic carbocycles. The minimum atomic E-state index is 0.162. The Bertz CT molecular complexity index is 898. The smallest absolute Gasteiger partial charge is 0.126 e. The average molecular weight is 288 g/mol. The first-order valence-electron chi connectivity index (χ1n) is 7.76. The molecule has 3 aromatic rings. The third-order valence-corrected chi connectivity index (χ3v) is 4.69. The Labute approximate surface area is 131 Å². The first-order valence-corrected chi connectivity index (χ1v) is 7.76. The van der Waals surface area contributed by atoms with Crippen molar-refractivity contribution in [2.24, 2.45) is 0 Å². The van der Waals surface area contributed by atoms with E-state index >= 15 is 0 Å². The lowest BCUT2D eigenvalue weighted by Crippen LogP contribution is -2.10. The van der Waals surface area contributed by atoms with Crippen molar-refractivity contribution in [3.63, 3.8) is 0 Å². The van der Waals surface area contributed by atoms with Gasteiger partial charge in [0.15, 0.2) is 0 Å². The molecule has 22 heavy (non-hydrogen) atoms. The SMILES string of the molecule is COc1ccc2c3c(cccc13)-c1ccc(C(C)(C)C)cc1-2. The fourth-order valence-corrected chi connectivity index (χ4v) is 3.48. The van der Waals surface area contributed by atoms with Crippen molar-refractivity contribution in [3.05, 3.63) is 54.1 Å². The summed E-state index contributed by atoms with van der Waals surface area (Å²) in [7, 11) is 1.74. The second kappa shape index (κ2) is 4.36. The van der Waals surface area contributed by atoms with Crippen molar-refractivity contribution in [3.8, 4) is 28.0 Å². The molecule has 1 heteroatoms. The van der Waals surface area contributed by atoms with Gasteiger partial charge in [-0.15, -0.1) is 0 Å². The maximum absolute atomic E-state index is 5.54. The Hall–Kier alpha value is -2.28. The van der Waals surface area contributed by atoms with E-state index in [4.69, 9.17) is 4.74 Å². The number of methoxy groups -OCH3 is 1. The fourth-order valence-electron chi connectivity index (χ4n) is 3.48. The van der Waals surface area contributed by atoms with E-state index in [0.29, 0.717) is 0 Å². The molecule has 0 aliphatic heterocycles. The van der Waals surface area contributed by atoms with Crippen LogP contribution in [0, 0.1) is 0 Å². The van der Waals surface area contributed by atoms with Crippen LogP contribution in [0.25, 0.3) is 33.0 Å². The van der Waals surface area contributed by atoms with Gasteiger partial charge in [0, 0.05) is 10.8 Å². The largest absolute Gasteiger partial charge is 0.496 e. The van der Waals surface area contributed by atoms with Crippen LogP contribution >= 0.6 is 0 Å². The van der Waals surface area contributed by atoms with Crippen LogP contribution in [0.4, 0.5) is 0 Å². The number of ether oxygens (including phenoxy) is 1. The van der Waals surface area contributed by atoms with Gasteiger partial charge in [0.2, 0.25) is 0 Å². The molecule has 110 valence electrons. The molecule has 0 saturated carbocycles. The van der Waals surface area contributed by atoms with E-state index in [0.717, 1.165) is 5.75 Å². The van der Waals surface area contributed by atoms with Gasteiger partial charge in [-0.05, 0) is 45.4 Å². The lowest BCUT2D eigenvalue weighted by molar-refractivity contribution is 0.420. The Morgan fingerprint density at radius 3 is 2.23 bits per heavy atom. The lowest BCUT2D eigenvalue weighted by Gasteiger charge is -2.20. The van der Waals surface area contributed by atoms with Crippen molar-refractivity contribution >= 4 is 10.8 Å². The van der Waals surface area contributed by atoms with Gasteiger partial charge in [-0.1, -0.05) is 57.2 Å². The van der Waals surface area contributed by atoms with Gasteiger partial charge in [-0.25, -0.2) is 0 Å². The van der Waals surface area contributed by atoms with Gasteiger partial charge in [0.1, 0.15) is 5.75 Å². The minimum absolute atomic E-state index is 0.162. The Morgan fingerprint density at radius 1 is 0.773 bits per heavy atom. The molecule has 0 N–H and O–H groups in total. The number of hydrogen-bond donors (Lipinski definition) is 0.